The van der Waals surface area contributed by atoms with Crippen LogP contribution in [0.25, 0.3) is 0 Å². The summed E-state index contributed by atoms with van der Waals surface area (Å²) in [5, 5.41) is 2.69. The van der Waals surface area contributed by atoms with Crippen molar-refractivity contribution in [2.75, 3.05) is 41.1 Å². The van der Waals surface area contributed by atoms with E-state index in [-0.39, 0.29) is 18.2 Å². The lowest BCUT2D eigenvalue weighted by Crippen LogP contribution is -2.37. The normalized spacial score (nSPS) is 16.3. The van der Waals surface area contributed by atoms with Gasteiger partial charge in [0.25, 0.3) is 5.91 Å². The Kier molecular flexibility index (Phi) is 5.21. The molecule has 0 bridgehead atoms. The van der Waals surface area contributed by atoms with Crippen molar-refractivity contribution in [2.45, 2.75) is 19.3 Å². The van der Waals surface area contributed by atoms with E-state index < -0.39 is 10.0 Å². The summed E-state index contributed by atoms with van der Waals surface area (Å²) in [7, 11) is -3.47. The van der Waals surface area contributed by atoms with Gasteiger partial charge in [0, 0.05) is 32.4 Å². The molecule has 4 rings (SSSR count). The number of carbonyl (C=O) groups is 1. The molecule has 28 heavy (non-hydrogen) atoms. The Morgan fingerprint density at radius 2 is 1.86 bits per heavy atom. The molecule has 2 aliphatic rings. The SMILES string of the molecule is O=C(NCCS(=O)(=O)N1CCc2ccccc21)c1ccc(N2CCCC2)nc1. The van der Waals surface area contributed by atoms with Crippen LogP contribution in [-0.4, -0.2) is 51.2 Å². The van der Waals surface area contributed by atoms with Gasteiger partial charge in [-0.15, -0.1) is 0 Å². The van der Waals surface area contributed by atoms with Gasteiger partial charge in [0.15, 0.2) is 0 Å². The highest BCUT2D eigenvalue weighted by Crippen LogP contribution is 2.29. The largest absolute Gasteiger partial charge is 0.357 e. The number of hydrogen-bond acceptors (Lipinski definition) is 5. The summed E-state index contributed by atoms with van der Waals surface area (Å²) >= 11 is 0. The smallest absolute Gasteiger partial charge is 0.252 e. The fraction of sp³-hybridized carbons (Fsp3) is 0.400. The lowest BCUT2D eigenvalue weighted by molar-refractivity contribution is 0.0956. The third kappa shape index (κ3) is 3.82. The molecule has 1 saturated heterocycles. The molecule has 0 spiro atoms. The first-order valence-electron chi connectivity index (χ1n) is 9.62. The Labute approximate surface area is 165 Å². The summed E-state index contributed by atoms with van der Waals surface area (Å²) in [5.41, 5.74) is 2.22. The van der Waals surface area contributed by atoms with Gasteiger partial charge in [-0.3, -0.25) is 9.10 Å². The first kappa shape index (κ1) is 18.7. The second-order valence-corrected chi connectivity index (χ2v) is 9.13. The minimum atomic E-state index is -3.47. The van der Waals surface area contributed by atoms with Gasteiger partial charge >= 0.3 is 0 Å². The number of carbonyl (C=O) groups excluding carboxylic acids is 1. The molecule has 0 atom stereocenters. The second-order valence-electron chi connectivity index (χ2n) is 7.12. The lowest BCUT2D eigenvalue weighted by Gasteiger charge is -2.19. The van der Waals surface area contributed by atoms with Gasteiger partial charge in [-0.25, -0.2) is 13.4 Å². The van der Waals surface area contributed by atoms with Gasteiger partial charge in [0.1, 0.15) is 5.82 Å². The molecular weight excluding hydrogens is 376 g/mol. The maximum absolute atomic E-state index is 12.7. The number of nitrogens with zero attached hydrogens (tertiary/aromatic N) is 3. The maximum atomic E-state index is 12.7. The number of para-hydroxylation sites is 1. The number of nitrogens with one attached hydrogen (secondary N) is 1. The standard InChI is InChI=1S/C20H24N4O3S/c25-20(17-7-8-19(22-15-17)23-11-3-4-12-23)21-10-14-28(26,27)24-13-9-16-5-1-2-6-18(16)24/h1-2,5-8,15H,3-4,9-14H2,(H,21,25). The van der Waals surface area contributed by atoms with E-state index in [9.17, 15) is 13.2 Å². The summed E-state index contributed by atoms with van der Waals surface area (Å²) in [6.07, 6.45) is 4.60. The van der Waals surface area contributed by atoms with E-state index in [0.717, 1.165) is 36.6 Å². The number of anilines is 2. The van der Waals surface area contributed by atoms with Gasteiger partial charge < -0.3 is 10.2 Å². The van der Waals surface area contributed by atoms with Gasteiger partial charge in [-0.2, -0.15) is 0 Å². The van der Waals surface area contributed by atoms with Crippen molar-refractivity contribution in [3.05, 3.63) is 53.7 Å². The van der Waals surface area contributed by atoms with Crippen LogP contribution in [0, 0.1) is 0 Å². The van der Waals surface area contributed by atoms with E-state index in [4.69, 9.17) is 0 Å². The zero-order valence-corrected chi connectivity index (χ0v) is 16.5. The zero-order valence-electron chi connectivity index (χ0n) is 15.7. The predicted molar refractivity (Wildman–Crippen MR) is 109 cm³/mol. The minimum absolute atomic E-state index is 0.0632. The molecule has 0 aliphatic carbocycles. The number of rotatable bonds is 6. The van der Waals surface area contributed by atoms with E-state index in [1.807, 2.05) is 30.3 Å². The zero-order chi connectivity index (χ0) is 19.6. The van der Waals surface area contributed by atoms with Crippen LogP contribution in [0.1, 0.15) is 28.8 Å². The summed E-state index contributed by atoms with van der Waals surface area (Å²) in [6.45, 7) is 2.51. The molecule has 1 aromatic carbocycles. The van der Waals surface area contributed by atoms with Crippen LogP contribution in [0.4, 0.5) is 11.5 Å². The van der Waals surface area contributed by atoms with E-state index in [1.54, 1.807) is 12.3 Å². The quantitative estimate of drug-likeness (QED) is 0.800. The fourth-order valence-electron chi connectivity index (χ4n) is 3.76. The first-order chi connectivity index (χ1) is 13.5. The molecule has 2 aromatic rings. The molecule has 8 heteroatoms. The number of sulfonamides is 1. The molecule has 0 saturated carbocycles. The number of fused-ring (bicyclic) bond motifs is 1. The van der Waals surface area contributed by atoms with Crippen LogP contribution in [0.2, 0.25) is 0 Å². The van der Waals surface area contributed by atoms with Crippen LogP contribution in [0.3, 0.4) is 0 Å². The number of benzene rings is 1. The average Bonchev–Trinajstić information content (AvgIpc) is 3.38. The van der Waals surface area contributed by atoms with E-state index >= 15 is 0 Å². The summed E-state index contributed by atoms with van der Waals surface area (Å²) in [4.78, 5) is 18.9. The van der Waals surface area contributed by atoms with Crippen molar-refractivity contribution in [2.24, 2.45) is 0 Å². The first-order valence-corrected chi connectivity index (χ1v) is 11.2. The molecular formula is C20H24N4O3S. The molecule has 1 amide bonds. The highest BCUT2D eigenvalue weighted by molar-refractivity contribution is 7.92. The van der Waals surface area contributed by atoms with Crippen molar-refractivity contribution >= 4 is 27.4 Å². The molecule has 3 heterocycles. The van der Waals surface area contributed by atoms with E-state index in [2.05, 4.69) is 15.2 Å². The second kappa shape index (κ2) is 7.79. The summed E-state index contributed by atoms with van der Waals surface area (Å²) < 4.78 is 26.8. The van der Waals surface area contributed by atoms with Crippen molar-refractivity contribution in [1.29, 1.82) is 0 Å². The van der Waals surface area contributed by atoms with Gasteiger partial charge in [0.05, 0.1) is 17.0 Å². The Morgan fingerprint density at radius 3 is 2.61 bits per heavy atom. The van der Waals surface area contributed by atoms with Gasteiger partial charge in [-0.05, 0) is 43.0 Å². The van der Waals surface area contributed by atoms with Crippen LogP contribution < -0.4 is 14.5 Å². The van der Waals surface area contributed by atoms with Gasteiger partial charge in [-0.1, -0.05) is 18.2 Å². The predicted octanol–water partition coefficient (Wildman–Crippen LogP) is 1.80. The molecule has 0 unspecified atom stereocenters. The Hall–Kier alpha value is -2.61. The maximum Gasteiger partial charge on any atom is 0.252 e. The van der Waals surface area contributed by atoms with Crippen LogP contribution in [-0.2, 0) is 16.4 Å². The Bertz CT molecular complexity index is 954. The number of hydrogen-bond donors (Lipinski definition) is 1. The number of amides is 1. The third-order valence-corrected chi connectivity index (χ3v) is 7.04. The lowest BCUT2D eigenvalue weighted by atomic mass is 10.2. The molecule has 1 aromatic heterocycles. The minimum Gasteiger partial charge on any atom is -0.357 e. The van der Waals surface area contributed by atoms with Crippen LogP contribution in [0.15, 0.2) is 42.6 Å². The molecule has 0 radical (unpaired) electrons. The highest BCUT2D eigenvalue weighted by atomic mass is 32.2. The summed E-state index contributed by atoms with van der Waals surface area (Å²) in [5.74, 6) is 0.439. The Balaban J connectivity index is 1.32. The van der Waals surface area contributed by atoms with Crippen molar-refractivity contribution in [1.82, 2.24) is 10.3 Å². The third-order valence-electron chi connectivity index (χ3n) is 5.27. The molecule has 1 N–H and O–H groups in total. The molecule has 1 fully saturated rings. The number of aromatic nitrogens is 1. The topological polar surface area (TPSA) is 82.6 Å². The molecule has 148 valence electrons. The Morgan fingerprint density at radius 1 is 1.07 bits per heavy atom. The fourth-order valence-corrected chi connectivity index (χ4v) is 5.18. The molecule has 2 aliphatic heterocycles. The van der Waals surface area contributed by atoms with Crippen molar-refractivity contribution in [3.8, 4) is 0 Å². The van der Waals surface area contributed by atoms with Crippen LogP contribution in [0.5, 0.6) is 0 Å². The average molecular weight is 401 g/mol. The molecule has 7 nitrogen and oxygen atoms in total. The number of pyridine rings is 1. The van der Waals surface area contributed by atoms with Crippen molar-refractivity contribution < 1.29 is 13.2 Å². The van der Waals surface area contributed by atoms with Gasteiger partial charge in [0.2, 0.25) is 10.0 Å². The van der Waals surface area contributed by atoms with E-state index in [0.29, 0.717) is 12.1 Å². The highest BCUT2D eigenvalue weighted by Gasteiger charge is 2.28. The van der Waals surface area contributed by atoms with Crippen LogP contribution >= 0.6 is 0 Å². The monoisotopic (exact) mass is 400 g/mol. The van der Waals surface area contributed by atoms with Crippen molar-refractivity contribution in [3.63, 3.8) is 0 Å². The summed E-state index contributed by atoms with van der Waals surface area (Å²) in [6, 6.07) is 11.1. The van der Waals surface area contributed by atoms with E-state index in [1.165, 1.54) is 17.1 Å².